The number of aromatic nitrogens is 4. The number of anilines is 1. The molecule has 128 valence electrons. The third-order valence-corrected chi connectivity index (χ3v) is 3.44. The number of rotatable bonds is 6. The van der Waals surface area contributed by atoms with Crippen molar-refractivity contribution in [3.8, 4) is 22.9 Å². The number of benzene rings is 2. The zero-order valence-corrected chi connectivity index (χ0v) is 13.8. The molecule has 0 aliphatic carbocycles. The normalized spacial score (nSPS) is 10.3. The number of ether oxygens (including phenoxy) is 2. The van der Waals surface area contributed by atoms with E-state index in [2.05, 4.69) is 20.7 Å². The first-order valence-electron chi connectivity index (χ1n) is 7.54. The van der Waals surface area contributed by atoms with Gasteiger partial charge < -0.3 is 14.8 Å². The van der Waals surface area contributed by atoms with E-state index in [0.29, 0.717) is 28.6 Å². The second kappa shape index (κ2) is 7.43. The Hall–Kier alpha value is -3.42. The van der Waals surface area contributed by atoms with Crippen LogP contribution in [-0.4, -0.2) is 40.3 Å². The molecule has 0 fully saturated rings. The van der Waals surface area contributed by atoms with Gasteiger partial charge in [0.15, 0.2) is 11.5 Å². The number of nitrogens with zero attached hydrogens (tertiary/aromatic N) is 4. The van der Waals surface area contributed by atoms with E-state index in [1.54, 1.807) is 32.4 Å². The summed E-state index contributed by atoms with van der Waals surface area (Å²) in [6, 6.07) is 14.5. The van der Waals surface area contributed by atoms with E-state index >= 15 is 0 Å². The van der Waals surface area contributed by atoms with Gasteiger partial charge in [0.2, 0.25) is 11.7 Å². The second-order valence-corrected chi connectivity index (χ2v) is 5.13. The molecule has 8 nitrogen and oxygen atoms in total. The standard InChI is InChI=1S/C17H17N5O3/c1-24-14-9-8-12(10-15(14)25-2)17-19-21-22(20-17)11-16(23)18-13-6-4-3-5-7-13/h3-10H,11H2,1-2H3,(H,18,23). The molecule has 0 unspecified atom stereocenters. The van der Waals surface area contributed by atoms with Crippen LogP contribution in [-0.2, 0) is 11.3 Å². The molecule has 0 saturated carbocycles. The molecule has 0 saturated heterocycles. The first kappa shape index (κ1) is 16.4. The summed E-state index contributed by atoms with van der Waals surface area (Å²) in [4.78, 5) is 13.3. The number of carbonyl (C=O) groups is 1. The predicted molar refractivity (Wildman–Crippen MR) is 91.4 cm³/mol. The lowest BCUT2D eigenvalue weighted by Gasteiger charge is -2.07. The Bertz CT molecular complexity index is 864. The van der Waals surface area contributed by atoms with E-state index in [9.17, 15) is 4.79 Å². The molecule has 0 spiro atoms. The van der Waals surface area contributed by atoms with Crippen molar-refractivity contribution in [3.63, 3.8) is 0 Å². The van der Waals surface area contributed by atoms with Crippen LogP contribution in [0.15, 0.2) is 48.5 Å². The highest BCUT2D eigenvalue weighted by molar-refractivity contribution is 5.90. The molecule has 2 aromatic carbocycles. The first-order chi connectivity index (χ1) is 12.2. The summed E-state index contributed by atoms with van der Waals surface area (Å²) in [6.45, 7) is -0.0326. The van der Waals surface area contributed by atoms with Crippen LogP contribution in [0.2, 0.25) is 0 Å². The molecule has 1 N–H and O–H groups in total. The number of hydrogen-bond donors (Lipinski definition) is 1. The van der Waals surface area contributed by atoms with Gasteiger partial charge in [-0.25, -0.2) is 0 Å². The van der Waals surface area contributed by atoms with Crippen molar-refractivity contribution >= 4 is 11.6 Å². The number of amides is 1. The van der Waals surface area contributed by atoms with Crippen molar-refractivity contribution in [2.45, 2.75) is 6.54 Å². The Kier molecular flexibility index (Phi) is 4.89. The highest BCUT2D eigenvalue weighted by atomic mass is 16.5. The summed E-state index contributed by atoms with van der Waals surface area (Å²) in [5.41, 5.74) is 1.43. The van der Waals surface area contributed by atoms with Gasteiger partial charge in [-0.1, -0.05) is 18.2 Å². The maximum Gasteiger partial charge on any atom is 0.248 e. The third kappa shape index (κ3) is 3.92. The van der Waals surface area contributed by atoms with Crippen molar-refractivity contribution in [1.82, 2.24) is 20.2 Å². The summed E-state index contributed by atoms with van der Waals surface area (Å²) in [7, 11) is 3.12. The largest absolute Gasteiger partial charge is 0.493 e. The van der Waals surface area contributed by atoms with E-state index in [1.165, 1.54) is 4.80 Å². The van der Waals surface area contributed by atoms with Crippen molar-refractivity contribution in [3.05, 3.63) is 48.5 Å². The Morgan fingerprint density at radius 1 is 1.08 bits per heavy atom. The summed E-state index contributed by atoms with van der Waals surface area (Å²) in [5.74, 6) is 1.34. The summed E-state index contributed by atoms with van der Waals surface area (Å²) in [6.07, 6.45) is 0. The van der Waals surface area contributed by atoms with Crippen molar-refractivity contribution < 1.29 is 14.3 Å². The van der Waals surface area contributed by atoms with Crippen LogP contribution < -0.4 is 14.8 Å². The van der Waals surface area contributed by atoms with Crippen LogP contribution in [0, 0.1) is 0 Å². The molecule has 8 heteroatoms. The molecule has 1 amide bonds. The average Bonchev–Trinajstić information content (AvgIpc) is 3.10. The van der Waals surface area contributed by atoms with Crippen LogP contribution in [0.1, 0.15) is 0 Å². The third-order valence-electron chi connectivity index (χ3n) is 3.44. The molecule has 1 aromatic heterocycles. The van der Waals surface area contributed by atoms with Crippen molar-refractivity contribution in [2.75, 3.05) is 19.5 Å². The van der Waals surface area contributed by atoms with Gasteiger partial charge in [-0.05, 0) is 35.5 Å². The van der Waals surface area contributed by atoms with E-state index in [1.807, 2.05) is 30.3 Å². The summed E-state index contributed by atoms with van der Waals surface area (Å²) in [5, 5.41) is 14.9. The molecule has 25 heavy (non-hydrogen) atoms. The van der Waals surface area contributed by atoms with Crippen molar-refractivity contribution in [2.24, 2.45) is 0 Å². The van der Waals surface area contributed by atoms with Crippen LogP contribution in [0.25, 0.3) is 11.4 Å². The van der Waals surface area contributed by atoms with Gasteiger partial charge in [-0.15, -0.1) is 10.2 Å². The fraction of sp³-hybridized carbons (Fsp3) is 0.176. The van der Waals surface area contributed by atoms with Crippen LogP contribution in [0.3, 0.4) is 0 Å². The Balaban J connectivity index is 1.71. The van der Waals surface area contributed by atoms with Crippen molar-refractivity contribution in [1.29, 1.82) is 0 Å². The molecular formula is C17H17N5O3. The number of methoxy groups -OCH3 is 2. The zero-order valence-electron chi connectivity index (χ0n) is 13.8. The topological polar surface area (TPSA) is 91.2 Å². The lowest BCUT2D eigenvalue weighted by atomic mass is 10.2. The number of carbonyl (C=O) groups excluding carboxylic acids is 1. The Morgan fingerprint density at radius 3 is 2.56 bits per heavy atom. The molecular weight excluding hydrogens is 322 g/mol. The molecule has 0 aliphatic heterocycles. The van der Waals surface area contributed by atoms with Gasteiger partial charge in [0.1, 0.15) is 6.54 Å². The van der Waals surface area contributed by atoms with Gasteiger partial charge in [0.25, 0.3) is 0 Å². The molecule has 3 aromatic rings. The highest BCUT2D eigenvalue weighted by Crippen LogP contribution is 2.30. The average molecular weight is 339 g/mol. The molecule has 0 radical (unpaired) electrons. The maximum atomic E-state index is 12.0. The first-order valence-corrected chi connectivity index (χ1v) is 7.54. The molecule has 3 rings (SSSR count). The number of nitrogens with one attached hydrogen (secondary N) is 1. The second-order valence-electron chi connectivity index (χ2n) is 5.13. The monoisotopic (exact) mass is 339 g/mol. The fourth-order valence-electron chi connectivity index (χ4n) is 2.25. The minimum absolute atomic E-state index is 0.0326. The van der Waals surface area contributed by atoms with Gasteiger partial charge in [-0.3, -0.25) is 4.79 Å². The fourth-order valence-corrected chi connectivity index (χ4v) is 2.25. The maximum absolute atomic E-state index is 12.0. The van der Waals surface area contributed by atoms with Gasteiger partial charge >= 0.3 is 0 Å². The van der Waals surface area contributed by atoms with E-state index in [0.717, 1.165) is 0 Å². The van der Waals surface area contributed by atoms with Crippen LogP contribution in [0.4, 0.5) is 5.69 Å². The van der Waals surface area contributed by atoms with Crippen LogP contribution >= 0.6 is 0 Å². The number of para-hydroxylation sites is 1. The number of hydrogen-bond acceptors (Lipinski definition) is 6. The van der Waals surface area contributed by atoms with E-state index in [-0.39, 0.29) is 12.5 Å². The highest BCUT2D eigenvalue weighted by Gasteiger charge is 2.12. The minimum atomic E-state index is -0.234. The molecule has 0 bridgehead atoms. The molecule has 0 atom stereocenters. The molecule has 0 aliphatic rings. The predicted octanol–water partition coefficient (Wildman–Crippen LogP) is 2.00. The van der Waals surface area contributed by atoms with E-state index < -0.39 is 0 Å². The van der Waals surface area contributed by atoms with E-state index in [4.69, 9.17) is 9.47 Å². The Morgan fingerprint density at radius 2 is 1.84 bits per heavy atom. The SMILES string of the molecule is COc1ccc(-c2nnn(CC(=O)Nc3ccccc3)n2)cc1OC. The van der Waals surface area contributed by atoms with Gasteiger partial charge in [0, 0.05) is 11.3 Å². The quantitative estimate of drug-likeness (QED) is 0.738. The molecule has 1 heterocycles. The minimum Gasteiger partial charge on any atom is -0.493 e. The number of tetrazole rings is 1. The van der Waals surface area contributed by atoms with Gasteiger partial charge in [0.05, 0.1) is 14.2 Å². The lowest BCUT2D eigenvalue weighted by Crippen LogP contribution is -2.20. The Labute approximate surface area is 144 Å². The summed E-state index contributed by atoms with van der Waals surface area (Å²) >= 11 is 0. The summed E-state index contributed by atoms with van der Waals surface area (Å²) < 4.78 is 10.5. The van der Waals surface area contributed by atoms with Crippen LogP contribution in [0.5, 0.6) is 11.5 Å². The lowest BCUT2D eigenvalue weighted by molar-refractivity contribution is -0.117. The smallest absolute Gasteiger partial charge is 0.248 e. The van der Waals surface area contributed by atoms with Gasteiger partial charge in [-0.2, -0.15) is 4.80 Å². The zero-order chi connectivity index (χ0) is 17.6.